The summed E-state index contributed by atoms with van der Waals surface area (Å²) in [4.78, 5) is 21.3. The van der Waals surface area contributed by atoms with Crippen LogP contribution in [0.3, 0.4) is 0 Å². The Bertz CT molecular complexity index is 299. The van der Waals surface area contributed by atoms with Crippen LogP contribution in [0.2, 0.25) is 0 Å². The molecule has 5 nitrogen and oxygen atoms in total. The predicted molar refractivity (Wildman–Crippen MR) is 49.2 cm³/mol. The molecular formula is C9H12F3NO4. The van der Waals surface area contributed by atoms with Gasteiger partial charge in [0.1, 0.15) is 6.04 Å². The van der Waals surface area contributed by atoms with Crippen molar-refractivity contribution in [2.24, 2.45) is 0 Å². The SMILES string of the molecule is O=C(O)C(CC1CCCO1)NC(=O)C(F)(F)F. The third-order valence-corrected chi connectivity index (χ3v) is 2.38. The molecular weight excluding hydrogens is 243 g/mol. The molecule has 0 saturated carbocycles. The Morgan fingerprint density at radius 1 is 1.47 bits per heavy atom. The molecule has 0 aromatic rings. The fourth-order valence-electron chi connectivity index (χ4n) is 1.55. The number of ether oxygens (including phenoxy) is 1. The maximum atomic E-state index is 12.0. The molecule has 0 aliphatic carbocycles. The van der Waals surface area contributed by atoms with Gasteiger partial charge in [0.25, 0.3) is 0 Å². The van der Waals surface area contributed by atoms with Crippen LogP contribution >= 0.6 is 0 Å². The lowest BCUT2D eigenvalue weighted by Gasteiger charge is -2.18. The minimum Gasteiger partial charge on any atom is -0.480 e. The van der Waals surface area contributed by atoms with Crippen LogP contribution in [0.15, 0.2) is 0 Å². The van der Waals surface area contributed by atoms with E-state index in [2.05, 4.69) is 0 Å². The zero-order chi connectivity index (χ0) is 13.1. The predicted octanol–water partition coefficient (Wildman–Crippen LogP) is 0.687. The summed E-state index contributed by atoms with van der Waals surface area (Å²) < 4.78 is 41.0. The second-order valence-corrected chi connectivity index (χ2v) is 3.73. The van der Waals surface area contributed by atoms with Gasteiger partial charge < -0.3 is 15.2 Å². The molecule has 2 atom stereocenters. The molecule has 1 amide bonds. The molecule has 1 heterocycles. The van der Waals surface area contributed by atoms with E-state index < -0.39 is 30.2 Å². The number of amides is 1. The molecule has 0 spiro atoms. The van der Waals surface area contributed by atoms with E-state index in [1.807, 2.05) is 0 Å². The summed E-state index contributed by atoms with van der Waals surface area (Å²) in [5, 5.41) is 10.2. The molecule has 0 radical (unpaired) electrons. The number of carboxylic acid groups (broad SMARTS) is 1. The smallest absolute Gasteiger partial charge is 0.471 e. The first kappa shape index (κ1) is 13.8. The molecule has 1 aliphatic heterocycles. The summed E-state index contributed by atoms with van der Waals surface area (Å²) in [7, 11) is 0. The van der Waals surface area contributed by atoms with E-state index in [4.69, 9.17) is 9.84 Å². The van der Waals surface area contributed by atoms with Gasteiger partial charge in [-0.15, -0.1) is 0 Å². The highest BCUT2D eigenvalue weighted by molar-refractivity contribution is 5.86. The topological polar surface area (TPSA) is 75.6 Å². The van der Waals surface area contributed by atoms with Gasteiger partial charge in [0, 0.05) is 13.0 Å². The summed E-state index contributed by atoms with van der Waals surface area (Å²) in [6.45, 7) is 0.463. The zero-order valence-electron chi connectivity index (χ0n) is 8.79. The van der Waals surface area contributed by atoms with Gasteiger partial charge in [0.05, 0.1) is 6.10 Å². The number of halogens is 3. The Kier molecular flexibility index (Phi) is 4.33. The third-order valence-electron chi connectivity index (χ3n) is 2.38. The van der Waals surface area contributed by atoms with Crippen LogP contribution in [-0.4, -0.2) is 41.9 Å². The van der Waals surface area contributed by atoms with Crippen molar-refractivity contribution in [3.63, 3.8) is 0 Å². The Morgan fingerprint density at radius 3 is 2.53 bits per heavy atom. The molecule has 0 aromatic heterocycles. The fraction of sp³-hybridized carbons (Fsp3) is 0.778. The first-order valence-corrected chi connectivity index (χ1v) is 5.03. The molecule has 8 heteroatoms. The molecule has 17 heavy (non-hydrogen) atoms. The van der Waals surface area contributed by atoms with Crippen molar-refractivity contribution in [1.82, 2.24) is 5.32 Å². The van der Waals surface area contributed by atoms with Crippen molar-refractivity contribution in [3.8, 4) is 0 Å². The largest absolute Gasteiger partial charge is 0.480 e. The summed E-state index contributed by atoms with van der Waals surface area (Å²) in [5.41, 5.74) is 0. The zero-order valence-corrected chi connectivity index (χ0v) is 8.79. The molecule has 1 aliphatic rings. The van der Waals surface area contributed by atoms with Crippen molar-refractivity contribution in [1.29, 1.82) is 0 Å². The van der Waals surface area contributed by atoms with Gasteiger partial charge in [-0.3, -0.25) is 4.79 Å². The van der Waals surface area contributed by atoms with E-state index >= 15 is 0 Å². The number of carbonyl (C=O) groups is 2. The summed E-state index contributed by atoms with van der Waals surface area (Å²) >= 11 is 0. The Hall–Kier alpha value is -1.31. The molecule has 1 rings (SSSR count). The van der Waals surface area contributed by atoms with Gasteiger partial charge in [-0.25, -0.2) is 4.79 Å². The average molecular weight is 255 g/mol. The van der Waals surface area contributed by atoms with Gasteiger partial charge in [-0.05, 0) is 12.8 Å². The Balaban J connectivity index is 2.54. The second-order valence-electron chi connectivity index (χ2n) is 3.73. The van der Waals surface area contributed by atoms with Crippen LogP contribution in [0.25, 0.3) is 0 Å². The lowest BCUT2D eigenvalue weighted by molar-refractivity contribution is -0.175. The van der Waals surface area contributed by atoms with E-state index in [9.17, 15) is 22.8 Å². The third kappa shape index (κ3) is 4.22. The van der Waals surface area contributed by atoms with Crippen molar-refractivity contribution in [2.75, 3.05) is 6.61 Å². The molecule has 2 unspecified atom stereocenters. The normalized spacial score (nSPS) is 22.2. The van der Waals surface area contributed by atoms with E-state index in [1.54, 1.807) is 0 Å². The average Bonchev–Trinajstić information content (AvgIpc) is 2.67. The number of alkyl halides is 3. The van der Waals surface area contributed by atoms with Crippen LogP contribution < -0.4 is 5.32 Å². The maximum Gasteiger partial charge on any atom is 0.471 e. The fourth-order valence-corrected chi connectivity index (χ4v) is 1.55. The van der Waals surface area contributed by atoms with Gasteiger partial charge in [-0.2, -0.15) is 13.2 Å². The van der Waals surface area contributed by atoms with Gasteiger partial charge >= 0.3 is 18.1 Å². The maximum absolute atomic E-state index is 12.0. The lowest BCUT2D eigenvalue weighted by Crippen LogP contribution is -2.48. The van der Waals surface area contributed by atoms with Crippen LogP contribution in [0, 0.1) is 0 Å². The molecule has 1 saturated heterocycles. The van der Waals surface area contributed by atoms with E-state index in [-0.39, 0.29) is 6.42 Å². The lowest BCUT2D eigenvalue weighted by atomic mass is 10.1. The van der Waals surface area contributed by atoms with Crippen molar-refractivity contribution in [3.05, 3.63) is 0 Å². The van der Waals surface area contributed by atoms with Crippen LogP contribution in [0.1, 0.15) is 19.3 Å². The van der Waals surface area contributed by atoms with E-state index in [0.717, 1.165) is 6.42 Å². The molecule has 2 N–H and O–H groups in total. The number of carbonyl (C=O) groups excluding carboxylic acids is 1. The number of hydrogen-bond acceptors (Lipinski definition) is 3. The van der Waals surface area contributed by atoms with Crippen LogP contribution in [0.4, 0.5) is 13.2 Å². The Morgan fingerprint density at radius 2 is 2.12 bits per heavy atom. The van der Waals surface area contributed by atoms with Crippen LogP contribution in [0.5, 0.6) is 0 Å². The minimum absolute atomic E-state index is 0.156. The molecule has 98 valence electrons. The van der Waals surface area contributed by atoms with Gasteiger partial charge in [0.15, 0.2) is 0 Å². The van der Waals surface area contributed by atoms with Gasteiger partial charge in [-0.1, -0.05) is 0 Å². The molecule has 1 fully saturated rings. The first-order chi connectivity index (χ1) is 7.80. The second kappa shape index (κ2) is 5.35. The monoisotopic (exact) mass is 255 g/mol. The van der Waals surface area contributed by atoms with Crippen molar-refractivity contribution >= 4 is 11.9 Å². The highest BCUT2D eigenvalue weighted by atomic mass is 19.4. The number of rotatable bonds is 4. The van der Waals surface area contributed by atoms with Gasteiger partial charge in [0.2, 0.25) is 0 Å². The molecule has 0 aromatic carbocycles. The van der Waals surface area contributed by atoms with Crippen molar-refractivity contribution in [2.45, 2.75) is 37.6 Å². The highest BCUT2D eigenvalue weighted by Crippen LogP contribution is 2.19. The highest BCUT2D eigenvalue weighted by Gasteiger charge is 2.41. The number of nitrogens with one attached hydrogen (secondary N) is 1. The minimum atomic E-state index is -5.08. The number of aliphatic carboxylic acids is 1. The standard InChI is InChI=1S/C9H12F3NO4/c10-9(11,12)8(16)13-6(7(14)15)4-5-2-1-3-17-5/h5-6H,1-4H2,(H,13,16)(H,14,15). The van der Waals surface area contributed by atoms with Crippen molar-refractivity contribution < 1.29 is 32.6 Å². The summed E-state index contributed by atoms with van der Waals surface area (Å²) in [6, 6.07) is -1.58. The van der Waals surface area contributed by atoms with E-state index in [0.29, 0.717) is 13.0 Å². The number of hydrogen-bond donors (Lipinski definition) is 2. The summed E-state index contributed by atoms with van der Waals surface area (Å²) in [6.07, 6.45) is -4.32. The summed E-state index contributed by atoms with van der Waals surface area (Å²) in [5.74, 6) is -3.75. The number of carboxylic acids is 1. The van der Waals surface area contributed by atoms with Crippen LogP contribution in [-0.2, 0) is 14.3 Å². The first-order valence-electron chi connectivity index (χ1n) is 5.03. The Labute approximate surface area is 94.9 Å². The quantitative estimate of drug-likeness (QED) is 0.774. The molecule has 0 bridgehead atoms. The van der Waals surface area contributed by atoms with E-state index in [1.165, 1.54) is 5.32 Å².